The molecule has 0 saturated carbocycles. The van der Waals surface area contributed by atoms with Crippen molar-refractivity contribution in [2.75, 3.05) is 0 Å². The molecule has 4 aromatic rings. The van der Waals surface area contributed by atoms with Gasteiger partial charge in [0.05, 0.1) is 5.69 Å². The molecule has 0 radical (unpaired) electrons. The van der Waals surface area contributed by atoms with Crippen molar-refractivity contribution in [3.05, 3.63) is 76.8 Å². The molecule has 4 rings (SSSR count). The number of fused-ring (bicyclic) bond motifs is 1. The van der Waals surface area contributed by atoms with Crippen LogP contribution in [-0.4, -0.2) is 19.8 Å². The molecule has 4 nitrogen and oxygen atoms in total. The second-order valence-electron chi connectivity index (χ2n) is 5.76. The van der Waals surface area contributed by atoms with Gasteiger partial charge in [0.2, 0.25) is 5.16 Å². The quantitative estimate of drug-likeness (QED) is 0.474. The zero-order valence-corrected chi connectivity index (χ0v) is 15.1. The Bertz CT molecular complexity index is 1030. The van der Waals surface area contributed by atoms with Gasteiger partial charge in [-0.3, -0.25) is 0 Å². The normalized spacial score (nSPS) is 11.1. The Kier molecular flexibility index (Phi) is 4.42. The van der Waals surface area contributed by atoms with E-state index in [0.717, 1.165) is 38.4 Å². The summed E-state index contributed by atoms with van der Waals surface area (Å²) in [6.45, 7) is 2.07. The number of halogens is 1. The van der Waals surface area contributed by atoms with E-state index < -0.39 is 0 Å². The average molecular weight is 367 g/mol. The Balaban J connectivity index is 1.63. The van der Waals surface area contributed by atoms with Crippen LogP contribution in [0.25, 0.3) is 16.9 Å². The van der Waals surface area contributed by atoms with E-state index in [1.54, 1.807) is 16.3 Å². The predicted molar refractivity (Wildman–Crippen MR) is 102 cm³/mol. The number of hydrogen-bond donors (Lipinski definition) is 0. The van der Waals surface area contributed by atoms with Crippen molar-refractivity contribution in [3.8, 4) is 11.3 Å². The van der Waals surface area contributed by atoms with Gasteiger partial charge < -0.3 is 0 Å². The Hall–Kier alpha value is -2.37. The van der Waals surface area contributed by atoms with E-state index in [9.17, 15) is 0 Å². The highest BCUT2D eigenvalue weighted by Crippen LogP contribution is 2.24. The van der Waals surface area contributed by atoms with Crippen molar-refractivity contribution in [1.29, 1.82) is 0 Å². The van der Waals surface area contributed by atoms with Gasteiger partial charge in [0.1, 0.15) is 0 Å². The Morgan fingerprint density at radius 2 is 1.84 bits per heavy atom. The Morgan fingerprint density at radius 3 is 2.64 bits per heavy atom. The molecule has 0 atom stereocenters. The second-order valence-corrected chi connectivity index (χ2v) is 7.13. The van der Waals surface area contributed by atoms with Crippen LogP contribution < -0.4 is 0 Å². The summed E-state index contributed by atoms with van der Waals surface area (Å²) in [5.41, 5.74) is 5.09. The van der Waals surface area contributed by atoms with E-state index in [2.05, 4.69) is 41.4 Å². The van der Waals surface area contributed by atoms with Crippen LogP contribution in [0.15, 0.2) is 65.8 Å². The number of benzene rings is 2. The fourth-order valence-corrected chi connectivity index (χ4v) is 3.56. The van der Waals surface area contributed by atoms with Gasteiger partial charge in [-0.05, 0) is 36.8 Å². The number of thioether (sulfide) groups is 1. The third-order valence-electron chi connectivity index (χ3n) is 3.84. The lowest BCUT2D eigenvalue weighted by atomic mass is 10.1. The molecule has 0 aliphatic rings. The van der Waals surface area contributed by atoms with Crippen LogP contribution in [0.2, 0.25) is 5.02 Å². The topological polar surface area (TPSA) is 43.1 Å². The molecule has 0 fully saturated rings. The van der Waals surface area contributed by atoms with Crippen molar-refractivity contribution in [3.63, 3.8) is 0 Å². The van der Waals surface area contributed by atoms with Crippen LogP contribution >= 0.6 is 23.4 Å². The van der Waals surface area contributed by atoms with Crippen LogP contribution in [0.4, 0.5) is 0 Å². The van der Waals surface area contributed by atoms with Gasteiger partial charge in [-0.25, -0.2) is 0 Å². The van der Waals surface area contributed by atoms with Crippen LogP contribution in [0, 0.1) is 6.92 Å². The lowest BCUT2D eigenvalue weighted by Crippen LogP contribution is -1.96. The predicted octanol–water partition coefficient (Wildman–Crippen LogP) is 5.05. The zero-order chi connectivity index (χ0) is 17.2. The largest absolute Gasteiger partial charge is 0.212 e. The molecule has 6 heteroatoms. The number of hydrogen-bond acceptors (Lipinski definition) is 4. The molecule has 124 valence electrons. The molecule has 0 saturated heterocycles. The lowest BCUT2D eigenvalue weighted by molar-refractivity contribution is 0.813. The summed E-state index contributed by atoms with van der Waals surface area (Å²) in [6.07, 6.45) is 0. The third-order valence-corrected chi connectivity index (χ3v) is 5.06. The van der Waals surface area contributed by atoms with Gasteiger partial charge in [-0.2, -0.15) is 9.61 Å². The van der Waals surface area contributed by atoms with Gasteiger partial charge in [-0.15, -0.1) is 10.2 Å². The maximum atomic E-state index is 6.05. The summed E-state index contributed by atoms with van der Waals surface area (Å²) in [4.78, 5) is 0. The molecule has 0 N–H and O–H groups in total. The molecule has 0 unspecified atom stereocenters. The monoisotopic (exact) mass is 366 g/mol. The summed E-state index contributed by atoms with van der Waals surface area (Å²) in [5.74, 6) is 0.762. The van der Waals surface area contributed by atoms with E-state index in [1.165, 1.54) is 5.56 Å². The maximum Gasteiger partial charge on any atom is 0.212 e. The molecule has 2 aromatic heterocycles. The highest BCUT2D eigenvalue weighted by Gasteiger charge is 2.10. The highest BCUT2D eigenvalue weighted by atomic mass is 35.5. The number of aryl methyl sites for hydroxylation is 1. The maximum absolute atomic E-state index is 6.05. The van der Waals surface area contributed by atoms with Crippen LogP contribution in [-0.2, 0) is 5.75 Å². The van der Waals surface area contributed by atoms with Gasteiger partial charge in [0.15, 0.2) is 5.65 Å². The summed E-state index contributed by atoms with van der Waals surface area (Å²) in [6, 6.07) is 20.1. The van der Waals surface area contributed by atoms with Crippen molar-refractivity contribution in [2.24, 2.45) is 0 Å². The van der Waals surface area contributed by atoms with Crippen LogP contribution in [0.3, 0.4) is 0 Å². The molecule has 2 aromatic carbocycles. The standard InChI is InChI=1S/C19H15ClN4S/c1-13-5-7-15(8-6-13)17-9-10-18-21-22-19(24(18)23-17)25-12-14-3-2-4-16(20)11-14/h2-11H,12H2,1H3. The van der Waals surface area contributed by atoms with Gasteiger partial charge in [0.25, 0.3) is 0 Å². The molecule has 0 bridgehead atoms. The summed E-state index contributed by atoms with van der Waals surface area (Å²) in [7, 11) is 0. The molecule has 0 spiro atoms. The van der Waals surface area contributed by atoms with Crippen LogP contribution in [0.1, 0.15) is 11.1 Å². The van der Waals surface area contributed by atoms with Gasteiger partial charge >= 0.3 is 0 Å². The minimum Gasteiger partial charge on any atom is -0.187 e. The summed E-state index contributed by atoms with van der Waals surface area (Å²) >= 11 is 7.64. The van der Waals surface area contributed by atoms with Crippen LogP contribution in [0.5, 0.6) is 0 Å². The Morgan fingerprint density at radius 1 is 1.00 bits per heavy atom. The van der Waals surface area contributed by atoms with Crippen molar-refractivity contribution >= 4 is 29.0 Å². The first kappa shape index (κ1) is 16.1. The van der Waals surface area contributed by atoms with E-state index in [1.807, 2.05) is 36.4 Å². The molecular weight excluding hydrogens is 352 g/mol. The van der Waals surface area contributed by atoms with E-state index in [0.29, 0.717) is 0 Å². The first-order valence-electron chi connectivity index (χ1n) is 7.86. The molecular formula is C19H15ClN4S. The minimum absolute atomic E-state index is 0.740. The van der Waals surface area contributed by atoms with Gasteiger partial charge in [0, 0.05) is 16.3 Å². The minimum atomic E-state index is 0.740. The lowest BCUT2D eigenvalue weighted by Gasteiger charge is -2.04. The second kappa shape index (κ2) is 6.86. The summed E-state index contributed by atoms with van der Waals surface area (Å²) in [5, 5.41) is 14.7. The summed E-state index contributed by atoms with van der Waals surface area (Å²) < 4.78 is 1.80. The van der Waals surface area contributed by atoms with E-state index in [4.69, 9.17) is 16.7 Å². The SMILES string of the molecule is Cc1ccc(-c2ccc3nnc(SCc4cccc(Cl)c4)n3n2)cc1. The number of rotatable bonds is 4. The van der Waals surface area contributed by atoms with Crippen molar-refractivity contribution in [2.45, 2.75) is 17.8 Å². The average Bonchev–Trinajstić information content (AvgIpc) is 3.03. The number of nitrogens with zero attached hydrogens (tertiary/aromatic N) is 4. The molecule has 0 aliphatic carbocycles. The highest BCUT2D eigenvalue weighted by molar-refractivity contribution is 7.98. The fourth-order valence-electron chi connectivity index (χ4n) is 2.51. The third kappa shape index (κ3) is 3.52. The van der Waals surface area contributed by atoms with Crippen molar-refractivity contribution < 1.29 is 0 Å². The first-order valence-corrected chi connectivity index (χ1v) is 9.22. The first-order chi connectivity index (χ1) is 12.2. The smallest absolute Gasteiger partial charge is 0.187 e. The van der Waals surface area contributed by atoms with E-state index >= 15 is 0 Å². The molecule has 0 aliphatic heterocycles. The van der Waals surface area contributed by atoms with Gasteiger partial charge in [-0.1, -0.05) is 65.3 Å². The molecule has 2 heterocycles. The number of aromatic nitrogens is 4. The molecule has 0 amide bonds. The Labute approximate surface area is 154 Å². The zero-order valence-electron chi connectivity index (χ0n) is 13.6. The molecule has 25 heavy (non-hydrogen) atoms. The fraction of sp³-hybridized carbons (Fsp3) is 0.105. The van der Waals surface area contributed by atoms with Crippen molar-refractivity contribution in [1.82, 2.24) is 19.8 Å². The van der Waals surface area contributed by atoms with E-state index in [-0.39, 0.29) is 0 Å².